The van der Waals surface area contributed by atoms with Crippen LogP contribution in [0, 0.1) is 11.6 Å². The Morgan fingerprint density at radius 3 is 2.18 bits per heavy atom. The standard InChI is InChI=1S/C21H16F2N4O/c22-16-5-3-15(4-6-16)13-24-20(28)19-14-25-27(18-9-7-17(23)8-10-18)21(19)26-11-1-2-12-26/h1-12,14H,13H2,(H,24,28). The number of nitrogens with zero attached hydrogens (tertiary/aromatic N) is 3. The minimum atomic E-state index is -0.351. The molecule has 0 fully saturated rings. The van der Waals surface area contributed by atoms with Crippen LogP contribution in [0.3, 0.4) is 0 Å². The second-order valence-corrected chi connectivity index (χ2v) is 6.17. The molecule has 1 N–H and O–H groups in total. The van der Waals surface area contributed by atoms with Crippen LogP contribution in [0.5, 0.6) is 0 Å². The molecule has 0 spiro atoms. The van der Waals surface area contributed by atoms with Gasteiger partial charge in [-0.2, -0.15) is 5.10 Å². The SMILES string of the molecule is O=C(NCc1ccc(F)cc1)c1cnn(-c2ccc(F)cc2)c1-n1cccc1. The fraction of sp³-hybridized carbons (Fsp3) is 0.0476. The van der Waals surface area contributed by atoms with Crippen LogP contribution in [0.1, 0.15) is 15.9 Å². The van der Waals surface area contributed by atoms with Crippen LogP contribution >= 0.6 is 0 Å². The smallest absolute Gasteiger partial charge is 0.256 e. The Hall–Kier alpha value is -3.74. The van der Waals surface area contributed by atoms with E-state index in [0.717, 1.165) is 5.56 Å². The lowest BCUT2D eigenvalue weighted by atomic mass is 10.2. The highest BCUT2D eigenvalue weighted by atomic mass is 19.1. The average molecular weight is 378 g/mol. The van der Waals surface area contributed by atoms with Crippen molar-refractivity contribution < 1.29 is 13.6 Å². The Balaban J connectivity index is 1.65. The maximum atomic E-state index is 13.3. The first-order chi connectivity index (χ1) is 13.6. The fourth-order valence-electron chi connectivity index (χ4n) is 2.88. The Kier molecular flexibility index (Phi) is 4.72. The van der Waals surface area contributed by atoms with Crippen LogP contribution in [0.2, 0.25) is 0 Å². The van der Waals surface area contributed by atoms with Gasteiger partial charge in [0.1, 0.15) is 17.2 Å². The molecule has 0 aliphatic rings. The second-order valence-electron chi connectivity index (χ2n) is 6.17. The van der Waals surface area contributed by atoms with E-state index < -0.39 is 0 Å². The number of aromatic nitrogens is 3. The van der Waals surface area contributed by atoms with Gasteiger partial charge in [-0.05, 0) is 54.1 Å². The first-order valence-corrected chi connectivity index (χ1v) is 8.62. The molecule has 0 aliphatic heterocycles. The van der Waals surface area contributed by atoms with E-state index in [0.29, 0.717) is 17.1 Å². The van der Waals surface area contributed by atoms with Crippen LogP contribution < -0.4 is 5.32 Å². The van der Waals surface area contributed by atoms with Gasteiger partial charge in [0.25, 0.3) is 5.91 Å². The zero-order valence-electron chi connectivity index (χ0n) is 14.7. The lowest BCUT2D eigenvalue weighted by Gasteiger charge is -2.11. The summed E-state index contributed by atoms with van der Waals surface area (Å²) in [4.78, 5) is 12.8. The summed E-state index contributed by atoms with van der Waals surface area (Å²) in [5, 5.41) is 7.15. The second kappa shape index (κ2) is 7.48. The van der Waals surface area contributed by atoms with Gasteiger partial charge >= 0.3 is 0 Å². The molecule has 4 aromatic rings. The van der Waals surface area contributed by atoms with Crippen molar-refractivity contribution in [1.82, 2.24) is 19.7 Å². The zero-order valence-corrected chi connectivity index (χ0v) is 14.7. The van der Waals surface area contributed by atoms with Crippen molar-refractivity contribution in [2.75, 3.05) is 0 Å². The maximum absolute atomic E-state index is 13.3. The van der Waals surface area contributed by atoms with Gasteiger partial charge in [0.05, 0.1) is 11.9 Å². The molecule has 0 saturated heterocycles. The number of benzene rings is 2. The van der Waals surface area contributed by atoms with Gasteiger partial charge in [0.15, 0.2) is 5.82 Å². The third kappa shape index (κ3) is 3.55. The van der Waals surface area contributed by atoms with Gasteiger partial charge in [0.2, 0.25) is 0 Å². The van der Waals surface area contributed by atoms with E-state index >= 15 is 0 Å². The normalized spacial score (nSPS) is 10.8. The first kappa shape index (κ1) is 17.7. The number of halogens is 2. The number of rotatable bonds is 5. The third-order valence-electron chi connectivity index (χ3n) is 4.27. The molecule has 0 unspecified atom stereocenters. The quantitative estimate of drug-likeness (QED) is 0.573. The molecule has 2 heterocycles. The molecule has 4 rings (SSSR count). The van der Waals surface area contributed by atoms with Crippen molar-refractivity contribution in [3.8, 4) is 11.5 Å². The molecule has 0 aliphatic carbocycles. The van der Waals surface area contributed by atoms with Crippen molar-refractivity contribution in [3.63, 3.8) is 0 Å². The Morgan fingerprint density at radius 1 is 0.929 bits per heavy atom. The number of hydrogen-bond donors (Lipinski definition) is 1. The highest BCUT2D eigenvalue weighted by Crippen LogP contribution is 2.20. The largest absolute Gasteiger partial charge is 0.348 e. The maximum Gasteiger partial charge on any atom is 0.256 e. The van der Waals surface area contributed by atoms with Gasteiger partial charge in [-0.1, -0.05) is 12.1 Å². The monoisotopic (exact) mass is 378 g/mol. The van der Waals surface area contributed by atoms with Gasteiger partial charge < -0.3 is 9.88 Å². The lowest BCUT2D eigenvalue weighted by Crippen LogP contribution is -2.24. The van der Waals surface area contributed by atoms with Crippen LogP contribution in [0.4, 0.5) is 8.78 Å². The minimum Gasteiger partial charge on any atom is -0.348 e. The molecular formula is C21H16F2N4O. The van der Waals surface area contributed by atoms with Gasteiger partial charge in [-0.15, -0.1) is 0 Å². The fourth-order valence-corrected chi connectivity index (χ4v) is 2.88. The molecule has 5 nitrogen and oxygen atoms in total. The molecule has 0 bridgehead atoms. The number of nitrogens with one attached hydrogen (secondary N) is 1. The van der Waals surface area contributed by atoms with Crippen molar-refractivity contribution in [2.24, 2.45) is 0 Å². The van der Waals surface area contributed by atoms with Crippen LogP contribution in [0.15, 0.2) is 79.3 Å². The van der Waals surface area contributed by atoms with Crippen molar-refractivity contribution in [2.45, 2.75) is 6.54 Å². The lowest BCUT2D eigenvalue weighted by molar-refractivity contribution is 0.0951. The predicted octanol–water partition coefficient (Wildman–Crippen LogP) is 3.87. The molecule has 7 heteroatoms. The molecule has 140 valence electrons. The highest BCUT2D eigenvalue weighted by molar-refractivity contribution is 5.97. The first-order valence-electron chi connectivity index (χ1n) is 8.62. The Labute approximate surface area is 159 Å². The highest BCUT2D eigenvalue weighted by Gasteiger charge is 2.19. The van der Waals surface area contributed by atoms with E-state index in [-0.39, 0.29) is 24.1 Å². The molecule has 2 aromatic heterocycles. The number of carbonyl (C=O) groups excluding carboxylic acids is 1. The van der Waals surface area contributed by atoms with E-state index in [2.05, 4.69) is 10.4 Å². The van der Waals surface area contributed by atoms with E-state index in [1.165, 1.54) is 30.5 Å². The molecule has 0 radical (unpaired) electrons. The summed E-state index contributed by atoms with van der Waals surface area (Å²) in [7, 11) is 0. The molecule has 2 aromatic carbocycles. The zero-order chi connectivity index (χ0) is 19.5. The van der Waals surface area contributed by atoms with Crippen LogP contribution in [-0.4, -0.2) is 20.3 Å². The average Bonchev–Trinajstić information content (AvgIpc) is 3.37. The molecule has 0 saturated carbocycles. The molecule has 1 amide bonds. The van der Waals surface area contributed by atoms with Gasteiger partial charge in [-0.3, -0.25) is 4.79 Å². The van der Waals surface area contributed by atoms with Crippen molar-refractivity contribution >= 4 is 5.91 Å². The summed E-state index contributed by atoms with van der Waals surface area (Å²) >= 11 is 0. The molecular weight excluding hydrogens is 362 g/mol. The number of carbonyl (C=O) groups is 1. The Morgan fingerprint density at radius 2 is 1.54 bits per heavy atom. The summed E-state index contributed by atoms with van der Waals surface area (Å²) in [5.74, 6) is -0.462. The van der Waals surface area contributed by atoms with Gasteiger partial charge in [-0.25, -0.2) is 13.5 Å². The summed E-state index contributed by atoms with van der Waals surface area (Å²) in [5.41, 5.74) is 1.77. The summed E-state index contributed by atoms with van der Waals surface area (Å²) in [6, 6.07) is 15.5. The number of amides is 1. The topological polar surface area (TPSA) is 51.9 Å². The van der Waals surface area contributed by atoms with E-state index in [4.69, 9.17) is 0 Å². The van der Waals surface area contributed by atoms with E-state index in [9.17, 15) is 13.6 Å². The van der Waals surface area contributed by atoms with E-state index in [1.54, 1.807) is 45.9 Å². The van der Waals surface area contributed by atoms with Crippen LogP contribution in [0.25, 0.3) is 11.5 Å². The van der Waals surface area contributed by atoms with Crippen molar-refractivity contribution in [3.05, 3.63) is 102 Å². The summed E-state index contributed by atoms with van der Waals surface area (Å²) in [6.45, 7) is 0.256. The van der Waals surface area contributed by atoms with Crippen LogP contribution in [-0.2, 0) is 6.54 Å². The molecule has 28 heavy (non-hydrogen) atoms. The number of hydrogen-bond acceptors (Lipinski definition) is 2. The minimum absolute atomic E-state index is 0.256. The van der Waals surface area contributed by atoms with Crippen molar-refractivity contribution in [1.29, 1.82) is 0 Å². The summed E-state index contributed by atoms with van der Waals surface area (Å²) < 4.78 is 29.6. The third-order valence-corrected chi connectivity index (χ3v) is 4.27. The predicted molar refractivity (Wildman–Crippen MR) is 100 cm³/mol. The Bertz CT molecular complexity index is 1080. The molecule has 0 atom stereocenters. The van der Waals surface area contributed by atoms with Gasteiger partial charge in [0, 0.05) is 18.9 Å². The van der Waals surface area contributed by atoms with E-state index in [1.807, 2.05) is 12.1 Å². The summed E-state index contributed by atoms with van der Waals surface area (Å²) in [6.07, 6.45) is 5.07.